The van der Waals surface area contributed by atoms with E-state index in [0.717, 1.165) is 0 Å². The zero-order valence-electron chi connectivity index (χ0n) is 10.4. The van der Waals surface area contributed by atoms with Crippen LogP contribution in [0.4, 0.5) is 5.95 Å². The fourth-order valence-electron chi connectivity index (χ4n) is 1.76. The highest BCUT2D eigenvalue weighted by Crippen LogP contribution is 2.24. The minimum absolute atomic E-state index is 0.0417. The summed E-state index contributed by atoms with van der Waals surface area (Å²) in [6.07, 6.45) is 0. The van der Waals surface area contributed by atoms with Crippen LogP contribution in [0.15, 0.2) is 40.6 Å². The second-order valence-corrected chi connectivity index (χ2v) is 7.12. The molecule has 0 saturated carbocycles. The maximum absolute atomic E-state index is 12.2. The number of thiophene rings is 1. The minimum Gasteiger partial charge on any atom is -0.477 e. The van der Waals surface area contributed by atoms with E-state index in [-0.39, 0.29) is 15.0 Å². The van der Waals surface area contributed by atoms with Gasteiger partial charge in [0.15, 0.2) is 0 Å². The van der Waals surface area contributed by atoms with E-state index in [1.165, 1.54) is 12.1 Å². The van der Waals surface area contributed by atoms with Crippen molar-refractivity contribution in [3.05, 3.63) is 41.3 Å². The van der Waals surface area contributed by atoms with Crippen LogP contribution in [-0.4, -0.2) is 29.5 Å². The van der Waals surface area contributed by atoms with E-state index in [4.69, 9.17) is 5.11 Å². The fraction of sp³-hybridized carbons (Fsp3) is 0. The molecule has 3 N–H and O–H groups in total. The lowest BCUT2D eigenvalue weighted by atomic mass is 10.3. The largest absolute Gasteiger partial charge is 0.477 e. The molecule has 108 valence electrons. The monoisotopic (exact) mass is 323 g/mol. The van der Waals surface area contributed by atoms with Crippen molar-refractivity contribution in [3.8, 4) is 0 Å². The SMILES string of the molecule is O=C(O)c1ccc(S(=O)(=O)Nc2nc3ccccc3[nH]2)s1. The third kappa shape index (κ3) is 2.60. The van der Waals surface area contributed by atoms with Gasteiger partial charge in [-0.05, 0) is 24.3 Å². The van der Waals surface area contributed by atoms with Crippen molar-refractivity contribution >= 4 is 44.3 Å². The highest BCUT2D eigenvalue weighted by molar-refractivity contribution is 7.94. The summed E-state index contributed by atoms with van der Waals surface area (Å²) in [6.45, 7) is 0. The van der Waals surface area contributed by atoms with E-state index in [1.807, 2.05) is 0 Å². The van der Waals surface area contributed by atoms with Crippen LogP contribution in [0.2, 0.25) is 0 Å². The number of imidazole rings is 1. The molecule has 1 aromatic carbocycles. The zero-order chi connectivity index (χ0) is 15.0. The van der Waals surface area contributed by atoms with Crippen molar-refractivity contribution in [1.29, 1.82) is 0 Å². The number of H-pyrrole nitrogens is 1. The van der Waals surface area contributed by atoms with Crippen LogP contribution in [0.1, 0.15) is 9.67 Å². The van der Waals surface area contributed by atoms with Gasteiger partial charge in [0.25, 0.3) is 10.0 Å². The molecule has 3 rings (SSSR count). The first-order valence-corrected chi connectivity index (χ1v) is 8.06. The molecule has 0 unspecified atom stereocenters. The summed E-state index contributed by atoms with van der Waals surface area (Å²) in [6, 6.07) is 9.61. The maximum Gasteiger partial charge on any atom is 0.345 e. The summed E-state index contributed by atoms with van der Waals surface area (Å²) in [7, 11) is -3.86. The molecule has 0 aliphatic heterocycles. The molecule has 0 aliphatic carbocycles. The molecule has 0 spiro atoms. The van der Waals surface area contributed by atoms with Crippen LogP contribution in [0, 0.1) is 0 Å². The number of aromatic amines is 1. The second kappa shape index (κ2) is 4.86. The zero-order valence-corrected chi connectivity index (χ0v) is 12.0. The number of rotatable bonds is 4. The van der Waals surface area contributed by atoms with Gasteiger partial charge in [-0.3, -0.25) is 0 Å². The first-order chi connectivity index (χ1) is 9.95. The molecule has 0 radical (unpaired) electrons. The molecule has 9 heteroatoms. The third-order valence-electron chi connectivity index (χ3n) is 2.68. The second-order valence-electron chi connectivity index (χ2n) is 4.13. The van der Waals surface area contributed by atoms with Crippen LogP contribution in [0.25, 0.3) is 11.0 Å². The molecule has 0 saturated heterocycles. The molecule has 0 amide bonds. The lowest BCUT2D eigenvalue weighted by Crippen LogP contribution is -2.12. The average molecular weight is 323 g/mol. The predicted molar refractivity (Wildman–Crippen MR) is 78.2 cm³/mol. The van der Waals surface area contributed by atoms with Gasteiger partial charge in [0.1, 0.15) is 9.09 Å². The number of nitrogens with zero attached hydrogens (tertiary/aromatic N) is 1. The highest BCUT2D eigenvalue weighted by atomic mass is 32.2. The molecule has 0 bridgehead atoms. The summed E-state index contributed by atoms with van der Waals surface area (Å²) in [4.78, 5) is 17.7. The van der Waals surface area contributed by atoms with Gasteiger partial charge in [0, 0.05) is 0 Å². The molecule has 2 heterocycles. The Hall–Kier alpha value is -2.39. The Bertz CT molecular complexity index is 894. The van der Waals surface area contributed by atoms with E-state index < -0.39 is 16.0 Å². The molecular formula is C12H9N3O4S2. The first kappa shape index (κ1) is 13.6. The molecule has 21 heavy (non-hydrogen) atoms. The van der Waals surface area contributed by atoms with Gasteiger partial charge in [-0.1, -0.05) is 12.1 Å². The van der Waals surface area contributed by atoms with Crippen molar-refractivity contribution < 1.29 is 18.3 Å². The maximum atomic E-state index is 12.2. The summed E-state index contributed by atoms with van der Waals surface area (Å²) in [5, 5.41) is 8.83. The van der Waals surface area contributed by atoms with E-state index >= 15 is 0 Å². The molecule has 0 atom stereocenters. The Kier molecular flexibility index (Phi) is 3.15. The fourth-order valence-corrected chi connectivity index (χ4v) is 3.87. The van der Waals surface area contributed by atoms with Gasteiger partial charge in [-0.15, -0.1) is 11.3 Å². The van der Waals surface area contributed by atoms with Crippen molar-refractivity contribution in [2.75, 3.05) is 4.72 Å². The molecular weight excluding hydrogens is 314 g/mol. The number of carboxylic acids is 1. The predicted octanol–water partition coefficient (Wildman–Crippen LogP) is 2.12. The van der Waals surface area contributed by atoms with Gasteiger partial charge < -0.3 is 10.1 Å². The molecule has 7 nitrogen and oxygen atoms in total. The number of aromatic carboxylic acids is 1. The average Bonchev–Trinajstić information content (AvgIpc) is 3.04. The van der Waals surface area contributed by atoms with Crippen LogP contribution >= 0.6 is 11.3 Å². The molecule has 0 aliphatic rings. The summed E-state index contributed by atoms with van der Waals surface area (Å²) in [5.74, 6) is -1.08. The number of nitrogens with one attached hydrogen (secondary N) is 2. The number of carbonyl (C=O) groups is 1. The number of sulfonamides is 1. The highest BCUT2D eigenvalue weighted by Gasteiger charge is 2.20. The van der Waals surface area contributed by atoms with Crippen molar-refractivity contribution in [1.82, 2.24) is 9.97 Å². The summed E-state index contributed by atoms with van der Waals surface area (Å²) in [5.41, 5.74) is 1.33. The number of benzene rings is 1. The Labute approximate surface area is 123 Å². The van der Waals surface area contributed by atoms with Crippen LogP contribution in [0.5, 0.6) is 0 Å². The minimum atomic E-state index is -3.86. The van der Waals surface area contributed by atoms with E-state index in [9.17, 15) is 13.2 Å². The number of carboxylic acid groups (broad SMARTS) is 1. The van der Waals surface area contributed by atoms with Crippen molar-refractivity contribution in [3.63, 3.8) is 0 Å². The van der Waals surface area contributed by atoms with Gasteiger partial charge in [0.2, 0.25) is 5.95 Å². The van der Waals surface area contributed by atoms with E-state index in [1.54, 1.807) is 24.3 Å². The third-order valence-corrected chi connectivity index (χ3v) is 5.58. The van der Waals surface area contributed by atoms with Crippen molar-refractivity contribution in [2.24, 2.45) is 0 Å². The van der Waals surface area contributed by atoms with Crippen LogP contribution in [0.3, 0.4) is 0 Å². The van der Waals surface area contributed by atoms with E-state index in [0.29, 0.717) is 22.4 Å². The number of fused-ring (bicyclic) bond motifs is 1. The molecule has 3 aromatic rings. The lowest BCUT2D eigenvalue weighted by Gasteiger charge is -2.01. The number of anilines is 1. The topological polar surface area (TPSA) is 112 Å². The summed E-state index contributed by atoms with van der Waals surface area (Å²) < 4.78 is 26.5. The van der Waals surface area contributed by atoms with Gasteiger partial charge in [0.05, 0.1) is 11.0 Å². The smallest absolute Gasteiger partial charge is 0.345 e. The number of para-hydroxylation sites is 2. The molecule has 2 aromatic heterocycles. The number of hydrogen-bond acceptors (Lipinski definition) is 5. The lowest BCUT2D eigenvalue weighted by molar-refractivity contribution is 0.0702. The number of hydrogen-bond donors (Lipinski definition) is 3. The standard InChI is InChI=1S/C12H9N3O4S2/c16-11(17)9-5-6-10(20-9)21(18,19)15-12-13-7-3-1-2-4-8(7)14-12/h1-6H,(H,16,17)(H2,13,14,15). The van der Waals surface area contributed by atoms with Crippen molar-refractivity contribution in [2.45, 2.75) is 4.21 Å². The quantitative estimate of drug-likeness (QED) is 0.681. The first-order valence-electron chi connectivity index (χ1n) is 5.76. The Balaban J connectivity index is 1.93. The van der Waals surface area contributed by atoms with E-state index in [2.05, 4.69) is 14.7 Å². The number of aromatic nitrogens is 2. The van der Waals surface area contributed by atoms with Crippen LogP contribution in [-0.2, 0) is 10.0 Å². The van der Waals surface area contributed by atoms with Gasteiger partial charge in [-0.25, -0.2) is 22.9 Å². The van der Waals surface area contributed by atoms with Gasteiger partial charge >= 0.3 is 5.97 Å². The normalized spacial score (nSPS) is 11.6. The Morgan fingerprint density at radius 2 is 2.00 bits per heavy atom. The molecule has 0 fully saturated rings. The Morgan fingerprint density at radius 1 is 1.24 bits per heavy atom. The summed E-state index contributed by atoms with van der Waals surface area (Å²) >= 11 is 0.682. The Morgan fingerprint density at radius 3 is 2.67 bits per heavy atom. The van der Waals surface area contributed by atoms with Crippen LogP contribution < -0.4 is 4.72 Å². The van der Waals surface area contributed by atoms with Gasteiger partial charge in [-0.2, -0.15) is 0 Å².